The summed E-state index contributed by atoms with van der Waals surface area (Å²) in [6.07, 6.45) is 22.3. The minimum absolute atomic E-state index is 0.146. The summed E-state index contributed by atoms with van der Waals surface area (Å²) in [6.45, 7) is 6.14. The number of aryl methyl sites for hydroxylation is 2. The maximum Gasteiger partial charge on any atom is 0.339 e. The summed E-state index contributed by atoms with van der Waals surface area (Å²) in [5.41, 5.74) is 15.0. The van der Waals surface area contributed by atoms with E-state index < -0.39 is 16.4 Å². The van der Waals surface area contributed by atoms with Gasteiger partial charge in [-0.3, -0.25) is 9.69 Å². The Labute approximate surface area is 384 Å². The zero-order valence-electron chi connectivity index (χ0n) is 38.2. The van der Waals surface area contributed by atoms with Crippen molar-refractivity contribution in [1.29, 1.82) is 0 Å². The molecular formula is C57H65N3O5. The van der Waals surface area contributed by atoms with Crippen LogP contribution in [0.25, 0.3) is 0 Å². The summed E-state index contributed by atoms with van der Waals surface area (Å²) in [7, 11) is 0. The average Bonchev–Trinajstić information content (AvgIpc) is 4.01. The number of carbonyl (C=O) groups excluding carboxylic acids is 2. The third-order valence-electron chi connectivity index (χ3n) is 20.1. The Bertz CT molecular complexity index is 2610. The number of aliphatic hydroxyl groups excluding tert-OH is 1. The molecule has 6 aliphatic carbocycles. The smallest absolute Gasteiger partial charge is 0.339 e. The molecular weight excluding hydrogens is 807 g/mol. The van der Waals surface area contributed by atoms with Crippen LogP contribution in [0.3, 0.4) is 0 Å². The Hall–Kier alpha value is -4.40. The van der Waals surface area contributed by atoms with Crippen LogP contribution >= 0.6 is 0 Å². The standard InChI is InChI=1S/C57H65N3O5/c1-32-23-38-18-19-44-40-26-35-29-59(31-40)45(36-12-3-4-13-36)28-46(61)52-55-21-20-41-43-27-39(48(32)50(41)51(38)60(44)30-35)25-34-11-6-10-33(24-34)9-2-5-17-47(56(43,55)54(63)64-52)57(55)42-16-7-14-37(15-8-22-58)49(42)53(62)65-57/h6-7,10-11,14,16,18-19,24,27,32,35-36,40,44-45,47-48,50,61H,2-5,8-9,12-13,15,17,20-23,25-26,28-31,58H2,1H3. The summed E-state index contributed by atoms with van der Waals surface area (Å²) in [5, 5.41) is 13.3. The molecule has 3 saturated heterocycles. The summed E-state index contributed by atoms with van der Waals surface area (Å²) in [5.74, 6) is 2.15. The second kappa shape index (κ2) is 14.1. The summed E-state index contributed by atoms with van der Waals surface area (Å²) in [6, 6.07) is 16.1. The molecule has 15 aliphatic rings. The number of hydrogen-bond donors (Lipinski definition) is 2. The molecule has 8 heteroatoms. The van der Waals surface area contributed by atoms with Gasteiger partial charge in [0.25, 0.3) is 0 Å². The van der Waals surface area contributed by atoms with Gasteiger partial charge in [0.15, 0.2) is 11.4 Å². The molecule has 2 saturated carbocycles. The maximum absolute atomic E-state index is 16.2. The Morgan fingerprint density at radius 1 is 0.938 bits per heavy atom. The van der Waals surface area contributed by atoms with Gasteiger partial charge in [-0.25, -0.2) is 4.79 Å². The van der Waals surface area contributed by atoms with Crippen molar-refractivity contribution in [2.75, 3.05) is 26.2 Å². The molecule has 3 spiro atoms. The largest absolute Gasteiger partial charge is 0.509 e. The van der Waals surface area contributed by atoms with Crippen LogP contribution in [-0.2, 0) is 39.1 Å². The fraction of sp³-hybridized carbons (Fsp3) is 0.579. The van der Waals surface area contributed by atoms with E-state index in [-0.39, 0.29) is 35.6 Å². The van der Waals surface area contributed by atoms with Crippen molar-refractivity contribution in [3.63, 3.8) is 0 Å². The quantitative estimate of drug-likeness (QED) is 0.293. The molecule has 2 aromatic carbocycles. The summed E-state index contributed by atoms with van der Waals surface area (Å²) >= 11 is 0. The Balaban J connectivity index is 1.08. The molecule has 15 bridgehead atoms. The molecule has 12 atom stereocenters. The van der Waals surface area contributed by atoms with E-state index in [1.54, 1.807) is 5.70 Å². The van der Waals surface area contributed by atoms with Crippen LogP contribution in [0.5, 0.6) is 0 Å². The fourth-order valence-electron chi connectivity index (χ4n) is 18.1. The number of esters is 2. The monoisotopic (exact) mass is 871 g/mol. The van der Waals surface area contributed by atoms with E-state index in [4.69, 9.17) is 15.2 Å². The summed E-state index contributed by atoms with van der Waals surface area (Å²) in [4.78, 5) is 36.8. The van der Waals surface area contributed by atoms with Gasteiger partial charge in [0.1, 0.15) is 11.2 Å². The van der Waals surface area contributed by atoms with Crippen molar-refractivity contribution in [3.8, 4) is 0 Å². The van der Waals surface area contributed by atoms with E-state index in [9.17, 15) is 9.90 Å². The van der Waals surface area contributed by atoms with Gasteiger partial charge in [-0.05, 0) is 141 Å². The highest BCUT2D eigenvalue weighted by Gasteiger charge is 2.93. The van der Waals surface area contributed by atoms with Gasteiger partial charge in [0, 0.05) is 55.2 Å². The van der Waals surface area contributed by atoms with Gasteiger partial charge < -0.3 is 25.2 Å². The number of piperidine rings is 2. The number of rotatable bonds is 4. The highest BCUT2D eigenvalue weighted by atomic mass is 16.6. The van der Waals surface area contributed by atoms with Gasteiger partial charge in [-0.15, -0.1) is 0 Å². The molecule has 9 aliphatic heterocycles. The third-order valence-corrected chi connectivity index (χ3v) is 20.1. The normalized spacial score (nSPS) is 40.7. The van der Waals surface area contributed by atoms with E-state index in [0.717, 1.165) is 94.1 Å². The van der Waals surface area contributed by atoms with E-state index in [0.29, 0.717) is 79.2 Å². The number of benzene rings is 2. The molecule has 65 heavy (non-hydrogen) atoms. The lowest BCUT2D eigenvalue weighted by atomic mass is 9.29. The number of nitrogens with zero attached hydrogens (tertiary/aromatic N) is 2. The van der Waals surface area contributed by atoms with Crippen molar-refractivity contribution >= 4 is 11.9 Å². The first kappa shape index (κ1) is 39.7. The average molecular weight is 872 g/mol. The number of ether oxygens (including phenoxy) is 2. The van der Waals surface area contributed by atoms with Gasteiger partial charge in [0.05, 0.1) is 17.0 Å². The lowest BCUT2D eigenvalue weighted by molar-refractivity contribution is -0.276. The van der Waals surface area contributed by atoms with Crippen molar-refractivity contribution in [2.45, 2.75) is 127 Å². The predicted octanol–water partition coefficient (Wildman–Crippen LogP) is 9.55. The molecule has 0 radical (unpaired) electrons. The first-order valence-corrected chi connectivity index (χ1v) is 25.9. The zero-order chi connectivity index (χ0) is 43.6. The van der Waals surface area contributed by atoms with E-state index >= 15 is 4.79 Å². The van der Waals surface area contributed by atoms with Crippen LogP contribution in [0.15, 0.2) is 100 Å². The predicted molar refractivity (Wildman–Crippen MR) is 248 cm³/mol. The van der Waals surface area contributed by atoms with Crippen molar-refractivity contribution in [2.24, 2.45) is 58.0 Å². The lowest BCUT2D eigenvalue weighted by Gasteiger charge is -2.71. The van der Waals surface area contributed by atoms with E-state index in [1.165, 1.54) is 47.1 Å². The molecule has 12 unspecified atom stereocenters. The molecule has 0 amide bonds. The second-order valence-electron chi connectivity index (χ2n) is 22.9. The topological polar surface area (TPSA) is 105 Å². The number of aliphatic hydroxyl groups is 1. The number of allylic oxidation sites excluding steroid dienone is 5. The molecule has 2 aromatic rings. The second-order valence-corrected chi connectivity index (χ2v) is 22.9. The molecule has 5 fully saturated rings. The van der Waals surface area contributed by atoms with Crippen molar-refractivity contribution < 1.29 is 24.2 Å². The van der Waals surface area contributed by atoms with Crippen LogP contribution < -0.4 is 5.73 Å². The Morgan fingerprint density at radius 3 is 2.66 bits per heavy atom. The molecule has 8 nitrogen and oxygen atoms in total. The van der Waals surface area contributed by atoms with Crippen LogP contribution in [-0.4, -0.2) is 65.1 Å². The van der Waals surface area contributed by atoms with E-state index in [1.807, 2.05) is 0 Å². The Morgan fingerprint density at radius 2 is 1.78 bits per heavy atom. The SMILES string of the molecule is CC1CC2=C3C4C5=C6C=C(Cc7cccc(c7)CCCCC7C68C(=O)OC(=C(O)CC(C6CCCC6)N6CC9CC(C6)C(C=C2)N3C9)C8(CC5)C72OC(=O)c3c(CCCN)cccc32)C14. The van der Waals surface area contributed by atoms with Gasteiger partial charge in [0.2, 0.25) is 0 Å². The van der Waals surface area contributed by atoms with Crippen molar-refractivity contribution in [1.82, 2.24) is 9.80 Å². The van der Waals surface area contributed by atoms with Crippen LogP contribution in [0.4, 0.5) is 0 Å². The highest BCUT2D eigenvalue weighted by molar-refractivity contribution is 6.00. The van der Waals surface area contributed by atoms with Gasteiger partial charge >= 0.3 is 11.9 Å². The van der Waals surface area contributed by atoms with Crippen LogP contribution in [0, 0.1) is 52.3 Å². The van der Waals surface area contributed by atoms with E-state index in [2.05, 4.69) is 77.4 Å². The first-order chi connectivity index (χ1) is 31.8. The van der Waals surface area contributed by atoms with Crippen molar-refractivity contribution in [3.05, 3.63) is 128 Å². The number of hydrogen-bond acceptors (Lipinski definition) is 8. The van der Waals surface area contributed by atoms with Crippen LogP contribution in [0.1, 0.15) is 123 Å². The highest BCUT2D eigenvalue weighted by Crippen LogP contribution is 2.87. The molecule has 17 rings (SSSR count). The molecule has 3 N–H and O–H groups in total. The lowest BCUT2D eigenvalue weighted by Crippen LogP contribution is -2.77. The third kappa shape index (κ3) is 4.96. The summed E-state index contributed by atoms with van der Waals surface area (Å²) < 4.78 is 14.3. The fourth-order valence-corrected chi connectivity index (χ4v) is 18.1. The molecule has 338 valence electrons. The number of nitrogens with two attached hydrogens (primary N) is 1. The number of fused-ring (bicyclic) bond motifs is 6. The van der Waals surface area contributed by atoms with Gasteiger partial charge in [-0.2, -0.15) is 0 Å². The molecule has 9 heterocycles. The van der Waals surface area contributed by atoms with Gasteiger partial charge in [-0.1, -0.05) is 98.0 Å². The zero-order valence-corrected chi connectivity index (χ0v) is 38.2. The number of carbonyl (C=O) groups is 2. The maximum atomic E-state index is 16.2. The molecule has 0 aromatic heterocycles. The Kier molecular flexibility index (Phi) is 8.60. The van der Waals surface area contributed by atoms with Crippen LogP contribution in [0.2, 0.25) is 0 Å². The minimum Gasteiger partial charge on any atom is -0.509 e. The minimum atomic E-state index is -1.17. The first-order valence-electron chi connectivity index (χ1n) is 25.9.